The first-order valence-corrected chi connectivity index (χ1v) is 9.75. The molecular weight excluding hydrogens is 428 g/mol. The summed E-state index contributed by atoms with van der Waals surface area (Å²) < 4.78 is 21.6. The molecule has 0 aliphatic heterocycles. The van der Waals surface area contributed by atoms with Crippen molar-refractivity contribution in [2.24, 2.45) is 0 Å². The molecule has 0 aliphatic carbocycles. The van der Waals surface area contributed by atoms with E-state index in [0.29, 0.717) is 34.6 Å². The Morgan fingerprint density at radius 1 is 0.964 bits per heavy atom. The molecule has 0 amide bonds. The van der Waals surface area contributed by atoms with Crippen LogP contribution in [0.5, 0.6) is 11.5 Å². The smallest absolute Gasteiger partial charge is 0.343 e. The molecule has 0 aliphatic rings. The highest BCUT2D eigenvalue weighted by molar-refractivity contribution is 9.10. The van der Waals surface area contributed by atoms with E-state index in [2.05, 4.69) is 22.9 Å². The van der Waals surface area contributed by atoms with Crippen molar-refractivity contribution in [2.45, 2.75) is 19.8 Å². The maximum atomic E-state index is 12.4. The molecule has 0 bridgehead atoms. The second kappa shape index (κ2) is 11.5. The minimum absolute atomic E-state index is 0.153. The van der Waals surface area contributed by atoms with Gasteiger partial charge >= 0.3 is 11.9 Å². The quantitative estimate of drug-likeness (QED) is 0.298. The third-order valence-electron chi connectivity index (χ3n) is 3.72. The van der Waals surface area contributed by atoms with Crippen LogP contribution in [-0.4, -0.2) is 38.9 Å². The van der Waals surface area contributed by atoms with Crippen molar-refractivity contribution in [1.82, 2.24) is 0 Å². The molecule has 0 aromatic heterocycles. The Balaban J connectivity index is 2.01. The molecule has 7 heteroatoms. The number of unbranched alkanes of at least 4 members (excludes halogenated alkanes) is 1. The van der Waals surface area contributed by atoms with Gasteiger partial charge in [0.15, 0.2) is 0 Å². The minimum atomic E-state index is -0.536. The summed E-state index contributed by atoms with van der Waals surface area (Å²) in [5.41, 5.74) is 0.657. The summed E-state index contributed by atoms with van der Waals surface area (Å²) in [7, 11) is 1.52. The number of ether oxygens (including phenoxy) is 4. The Morgan fingerprint density at radius 2 is 1.75 bits per heavy atom. The first kappa shape index (κ1) is 21.9. The van der Waals surface area contributed by atoms with Crippen LogP contribution in [0, 0.1) is 0 Å². The van der Waals surface area contributed by atoms with Crippen LogP contribution >= 0.6 is 15.9 Å². The lowest BCUT2D eigenvalue weighted by Gasteiger charge is -2.10. The lowest BCUT2D eigenvalue weighted by molar-refractivity contribution is 0.0387. The average molecular weight is 451 g/mol. The molecule has 6 nitrogen and oxygen atoms in total. The predicted octanol–water partition coefficient (Wildman–Crippen LogP) is 4.65. The Kier molecular flexibility index (Phi) is 8.97. The number of hydrogen-bond acceptors (Lipinski definition) is 6. The van der Waals surface area contributed by atoms with Crippen molar-refractivity contribution in [1.29, 1.82) is 0 Å². The largest absolute Gasteiger partial charge is 0.492 e. The van der Waals surface area contributed by atoms with Gasteiger partial charge in [0.05, 0.1) is 28.8 Å². The normalized spacial score (nSPS) is 10.4. The van der Waals surface area contributed by atoms with Crippen LogP contribution in [0.1, 0.15) is 40.5 Å². The molecule has 0 saturated heterocycles. The van der Waals surface area contributed by atoms with Gasteiger partial charge in [-0.25, -0.2) is 9.59 Å². The van der Waals surface area contributed by atoms with Crippen molar-refractivity contribution >= 4 is 27.9 Å². The molecule has 0 N–H and O–H groups in total. The summed E-state index contributed by atoms with van der Waals surface area (Å²) in [6.07, 6.45) is 2.00. The van der Waals surface area contributed by atoms with E-state index in [1.807, 2.05) is 0 Å². The number of esters is 2. The minimum Gasteiger partial charge on any atom is -0.492 e. The highest BCUT2D eigenvalue weighted by Crippen LogP contribution is 2.27. The molecule has 28 heavy (non-hydrogen) atoms. The van der Waals surface area contributed by atoms with Crippen LogP contribution in [0.3, 0.4) is 0 Å². The van der Waals surface area contributed by atoms with Crippen LogP contribution in [0.25, 0.3) is 0 Å². The highest BCUT2D eigenvalue weighted by Gasteiger charge is 2.14. The molecule has 0 unspecified atom stereocenters. The van der Waals surface area contributed by atoms with E-state index in [1.165, 1.54) is 13.2 Å². The topological polar surface area (TPSA) is 71.1 Å². The second-order valence-electron chi connectivity index (χ2n) is 5.89. The van der Waals surface area contributed by atoms with Gasteiger partial charge in [0.2, 0.25) is 0 Å². The fraction of sp³-hybridized carbons (Fsp3) is 0.333. The van der Waals surface area contributed by atoms with Crippen molar-refractivity contribution < 1.29 is 28.5 Å². The summed E-state index contributed by atoms with van der Waals surface area (Å²) in [5, 5.41) is 0. The van der Waals surface area contributed by atoms with Crippen molar-refractivity contribution in [2.75, 3.05) is 26.9 Å². The predicted molar refractivity (Wildman–Crippen MR) is 108 cm³/mol. The van der Waals surface area contributed by atoms with Gasteiger partial charge in [-0.3, -0.25) is 0 Å². The zero-order chi connectivity index (χ0) is 20.4. The molecule has 2 aromatic rings. The first-order chi connectivity index (χ1) is 13.5. The highest BCUT2D eigenvalue weighted by atomic mass is 79.9. The third-order valence-corrected chi connectivity index (χ3v) is 4.34. The van der Waals surface area contributed by atoms with Crippen molar-refractivity contribution in [3.8, 4) is 11.5 Å². The number of hydrogen-bond donors (Lipinski definition) is 0. The molecule has 0 saturated carbocycles. The van der Waals surface area contributed by atoms with Crippen LogP contribution < -0.4 is 9.47 Å². The molecule has 2 rings (SSSR count). The van der Waals surface area contributed by atoms with Crippen LogP contribution in [0.2, 0.25) is 0 Å². The van der Waals surface area contributed by atoms with E-state index in [0.717, 1.165) is 12.8 Å². The SMILES string of the molecule is CCCCOc1ccc(C(=O)Oc2cccc(C(=O)OCCOC)c2)cc1Br. The maximum Gasteiger partial charge on any atom is 0.343 e. The van der Waals surface area contributed by atoms with Crippen molar-refractivity contribution in [3.63, 3.8) is 0 Å². The van der Waals surface area contributed by atoms with Crippen molar-refractivity contribution in [3.05, 3.63) is 58.1 Å². The number of rotatable bonds is 10. The number of halogens is 1. The molecular formula is C21H23BrO6. The molecule has 0 atom stereocenters. The number of methoxy groups -OCH3 is 1. The Labute approximate surface area is 172 Å². The molecule has 2 aromatic carbocycles. The van der Waals surface area contributed by atoms with Gasteiger partial charge in [0.25, 0.3) is 0 Å². The van der Waals surface area contributed by atoms with Gasteiger partial charge in [-0.05, 0) is 58.7 Å². The molecule has 0 fully saturated rings. The molecule has 0 spiro atoms. The van der Waals surface area contributed by atoms with E-state index >= 15 is 0 Å². The van der Waals surface area contributed by atoms with Crippen LogP contribution in [0.4, 0.5) is 0 Å². The standard InChI is InChI=1S/C21H23BrO6/c1-3-4-10-26-19-9-8-16(14-18(19)22)21(24)28-17-7-5-6-15(13-17)20(23)27-12-11-25-2/h5-9,13-14H,3-4,10-12H2,1-2H3. The third kappa shape index (κ3) is 6.65. The second-order valence-corrected chi connectivity index (χ2v) is 6.75. The van der Waals surface area contributed by atoms with E-state index in [4.69, 9.17) is 18.9 Å². The summed E-state index contributed by atoms with van der Waals surface area (Å²) in [6, 6.07) is 11.3. The Bertz CT molecular complexity index is 805. The fourth-order valence-electron chi connectivity index (χ4n) is 2.22. The lowest BCUT2D eigenvalue weighted by atomic mass is 10.2. The van der Waals surface area contributed by atoms with E-state index < -0.39 is 11.9 Å². The molecule has 0 radical (unpaired) electrons. The number of carbonyl (C=O) groups excluding carboxylic acids is 2. The van der Waals surface area contributed by atoms with Gasteiger partial charge in [0.1, 0.15) is 18.1 Å². The first-order valence-electron chi connectivity index (χ1n) is 8.95. The number of carbonyl (C=O) groups is 2. The average Bonchev–Trinajstić information content (AvgIpc) is 2.69. The zero-order valence-corrected chi connectivity index (χ0v) is 17.5. The fourth-order valence-corrected chi connectivity index (χ4v) is 2.72. The summed E-state index contributed by atoms with van der Waals surface area (Å²) in [5.74, 6) is -0.117. The molecule has 0 heterocycles. The van der Waals surface area contributed by atoms with Gasteiger partial charge < -0.3 is 18.9 Å². The monoisotopic (exact) mass is 450 g/mol. The molecule has 150 valence electrons. The summed E-state index contributed by atoms with van der Waals surface area (Å²) >= 11 is 3.41. The van der Waals surface area contributed by atoms with Gasteiger partial charge in [-0.15, -0.1) is 0 Å². The number of benzene rings is 2. The maximum absolute atomic E-state index is 12.4. The summed E-state index contributed by atoms with van der Waals surface area (Å²) in [6.45, 7) is 3.17. The lowest BCUT2D eigenvalue weighted by Crippen LogP contribution is -2.11. The van der Waals surface area contributed by atoms with E-state index in [1.54, 1.807) is 36.4 Å². The van der Waals surface area contributed by atoms with Gasteiger partial charge in [0, 0.05) is 7.11 Å². The van der Waals surface area contributed by atoms with E-state index in [9.17, 15) is 9.59 Å². The Morgan fingerprint density at radius 3 is 2.46 bits per heavy atom. The van der Waals surface area contributed by atoms with Gasteiger partial charge in [-0.1, -0.05) is 19.4 Å². The summed E-state index contributed by atoms with van der Waals surface area (Å²) in [4.78, 5) is 24.4. The van der Waals surface area contributed by atoms with Gasteiger partial charge in [-0.2, -0.15) is 0 Å². The van der Waals surface area contributed by atoms with Crippen LogP contribution in [0.15, 0.2) is 46.9 Å². The zero-order valence-electron chi connectivity index (χ0n) is 15.9. The van der Waals surface area contributed by atoms with Crippen LogP contribution in [-0.2, 0) is 9.47 Å². The Hall–Kier alpha value is -2.38. The van der Waals surface area contributed by atoms with E-state index in [-0.39, 0.29) is 12.4 Å².